The first-order valence-electron chi connectivity index (χ1n) is 14.6. The van der Waals surface area contributed by atoms with Crippen molar-refractivity contribution in [2.45, 2.75) is 17.8 Å². The van der Waals surface area contributed by atoms with Crippen LogP contribution in [0.2, 0.25) is 0 Å². The highest BCUT2D eigenvalue weighted by molar-refractivity contribution is 5.65. The summed E-state index contributed by atoms with van der Waals surface area (Å²) in [5, 5.41) is 0. The summed E-state index contributed by atoms with van der Waals surface area (Å²) in [5.41, 5.74) is -2.47. The summed E-state index contributed by atoms with van der Waals surface area (Å²) < 4.78 is 99.7. The molecule has 0 radical (unpaired) electrons. The maximum absolute atomic E-state index is 14.7. The second-order valence-corrected chi connectivity index (χ2v) is 10.8. The molecule has 6 aromatic carbocycles. The SMILES string of the molecule is FC(F)(F)C(c1ccc(Oc2ccc(-c3ccccc3)cc2)cc1)(c1ccc(Oc2ccc(-c3ccccc3)cc2)cc1)C(F)(F)F. The summed E-state index contributed by atoms with van der Waals surface area (Å²) in [6, 6.07) is 40.7. The van der Waals surface area contributed by atoms with Crippen molar-refractivity contribution in [3.05, 3.63) is 169 Å². The number of hydrogen-bond acceptors (Lipinski definition) is 2. The molecule has 0 fully saturated rings. The summed E-state index contributed by atoms with van der Waals surface area (Å²) >= 11 is 0. The van der Waals surface area contributed by atoms with Gasteiger partial charge in [-0.3, -0.25) is 0 Å². The highest BCUT2D eigenvalue weighted by atomic mass is 19.4. The van der Waals surface area contributed by atoms with E-state index in [4.69, 9.17) is 9.47 Å². The fourth-order valence-corrected chi connectivity index (χ4v) is 5.49. The molecule has 6 rings (SSSR count). The van der Waals surface area contributed by atoms with E-state index >= 15 is 0 Å². The van der Waals surface area contributed by atoms with Crippen molar-refractivity contribution in [2.24, 2.45) is 0 Å². The fourth-order valence-electron chi connectivity index (χ4n) is 5.49. The lowest BCUT2D eigenvalue weighted by Crippen LogP contribution is -2.54. The van der Waals surface area contributed by atoms with Gasteiger partial charge in [-0.25, -0.2) is 0 Å². The van der Waals surface area contributed by atoms with Crippen molar-refractivity contribution < 1.29 is 35.8 Å². The first kappa shape index (κ1) is 31.5. The Kier molecular flexibility index (Phi) is 8.52. The minimum atomic E-state index is -5.73. The van der Waals surface area contributed by atoms with Crippen LogP contribution in [0.15, 0.2) is 158 Å². The molecule has 0 aliphatic carbocycles. The largest absolute Gasteiger partial charge is 0.457 e. The molecule has 0 heterocycles. The molecule has 8 heteroatoms. The van der Waals surface area contributed by atoms with Gasteiger partial charge in [-0.2, -0.15) is 26.3 Å². The lowest BCUT2D eigenvalue weighted by atomic mass is 9.73. The third-order valence-corrected chi connectivity index (χ3v) is 7.82. The van der Waals surface area contributed by atoms with Gasteiger partial charge >= 0.3 is 12.4 Å². The smallest absolute Gasteiger partial charge is 0.411 e. The van der Waals surface area contributed by atoms with Crippen LogP contribution >= 0.6 is 0 Å². The quantitative estimate of drug-likeness (QED) is 0.154. The average Bonchev–Trinajstić information content (AvgIpc) is 3.07. The average molecular weight is 641 g/mol. The van der Waals surface area contributed by atoms with Crippen molar-refractivity contribution in [2.75, 3.05) is 0 Å². The van der Waals surface area contributed by atoms with Gasteiger partial charge in [-0.1, -0.05) is 109 Å². The van der Waals surface area contributed by atoms with E-state index in [9.17, 15) is 26.3 Å². The van der Waals surface area contributed by atoms with E-state index in [2.05, 4.69) is 0 Å². The van der Waals surface area contributed by atoms with Crippen molar-refractivity contribution in [1.29, 1.82) is 0 Å². The Labute approximate surface area is 267 Å². The third-order valence-electron chi connectivity index (χ3n) is 7.82. The second-order valence-electron chi connectivity index (χ2n) is 10.8. The molecule has 0 unspecified atom stereocenters. The van der Waals surface area contributed by atoms with E-state index in [0.29, 0.717) is 11.5 Å². The number of ether oxygens (including phenoxy) is 2. The van der Waals surface area contributed by atoms with Crippen molar-refractivity contribution >= 4 is 0 Å². The molecule has 0 saturated carbocycles. The van der Waals surface area contributed by atoms with Crippen LogP contribution in [0.25, 0.3) is 22.3 Å². The molecule has 6 aromatic rings. The van der Waals surface area contributed by atoms with E-state index in [1.54, 1.807) is 24.3 Å². The minimum Gasteiger partial charge on any atom is -0.457 e. The minimum absolute atomic E-state index is 0.0847. The van der Waals surface area contributed by atoms with Gasteiger partial charge < -0.3 is 9.47 Å². The van der Waals surface area contributed by atoms with Crippen LogP contribution in [0, 0.1) is 0 Å². The van der Waals surface area contributed by atoms with Crippen LogP contribution in [-0.2, 0) is 5.41 Å². The topological polar surface area (TPSA) is 18.5 Å². The molecule has 0 spiro atoms. The fraction of sp³-hybridized carbons (Fsp3) is 0.0769. The Hall–Kier alpha value is -5.50. The molecule has 0 N–H and O–H groups in total. The molecule has 0 aliphatic heterocycles. The number of halogens is 6. The Morgan fingerprint density at radius 3 is 0.830 bits per heavy atom. The Bertz CT molecular complexity index is 1750. The summed E-state index contributed by atoms with van der Waals surface area (Å²) in [6.07, 6.45) is -11.5. The monoisotopic (exact) mass is 640 g/mol. The molecule has 47 heavy (non-hydrogen) atoms. The van der Waals surface area contributed by atoms with E-state index in [1.165, 1.54) is 0 Å². The lowest BCUT2D eigenvalue weighted by Gasteiger charge is -2.38. The molecule has 236 valence electrons. The molecule has 0 aromatic heterocycles. The molecule has 2 nitrogen and oxygen atoms in total. The molecule has 0 bridgehead atoms. The second kappa shape index (κ2) is 12.7. The summed E-state index contributed by atoms with van der Waals surface area (Å²) in [6.45, 7) is 0. The van der Waals surface area contributed by atoms with Crippen molar-refractivity contribution in [3.63, 3.8) is 0 Å². The first-order chi connectivity index (χ1) is 22.5. The number of alkyl halides is 6. The maximum atomic E-state index is 14.7. The normalized spacial score (nSPS) is 12.0. The van der Waals surface area contributed by atoms with Gasteiger partial charge in [0.2, 0.25) is 5.41 Å². The molecule has 0 aliphatic rings. The summed E-state index contributed by atoms with van der Waals surface area (Å²) in [4.78, 5) is 0. The van der Waals surface area contributed by atoms with Crippen LogP contribution in [0.5, 0.6) is 23.0 Å². The molecular weight excluding hydrogens is 614 g/mol. The predicted octanol–water partition coefficient (Wildman–Crippen LogP) is 12.0. The van der Waals surface area contributed by atoms with Crippen LogP contribution in [0.1, 0.15) is 11.1 Å². The maximum Gasteiger partial charge on any atom is 0.411 e. The standard InChI is InChI=1S/C39H26F6O2/c40-38(41,42)37(39(43,44)45,31-15-23-35(24-16-31)46-33-19-11-29(12-20-33)27-7-3-1-4-8-27)32-17-25-36(26-18-32)47-34-21-13-30(14-22-34)28-9-5-2-6-10-28/h1-26H. The molecule has 0 atom stereocenters. The van der Waals surface area contributed by atoms with Crippen LogP contribution < -0.4 is 9.47 Å². The Morgan fingerprint density at radius 2 is 0.553 bits per heavy atom. The van der Waals surface area contributed by atoms with Crippen LogP contribution in [0.4, 0.5) is 26.3 Å². The predicted molar refractivity (Wildman–Crippen MR) is 170 cm³/mol. The van der Waals surface area contributed by atoms with Gasteiger partial charge in [-0.15, -0.1) is 0 Å². The zero-order chi connectivity index (χ0) is 33.1. The summed E-state index contributed by atoms with van der Waals surface area (Å²) in [5.74, 6) is 0.921. The van der Waals surface area contributed by atoms with Crippen LogP contribution in [0.3, 0.4) is 0 Å². The van der Waals surface area contributed by atoms with Gasteiger partial charge in [0, 0.05) is 0 Å². The molecular formula is C39H26F6O2. The molecule has 0 saturated heterocycles. The van der Waals surface area contributed by atoms with E-state index in [0.717, 1.165) is 70.8 Å². The highest BCUT2D eigenvalue weighted by Crippen LogP contribution is 2.56. The van der Waals surface area contributed by atoms with Gasteiger partial charge in [0.1, 0.15) is 23.0 Å². The highest BCUT2D eigenvalue weighted by Gasteiger charge is 2.72. The van der Waals surface area contributed by atoms with Gasteiger partial charge in [-0.05, 0) is 81.9 Å². The zero-order valence-corrected chi connectivity index (χ0v) is 24.6. The lowest BCUT2D eigenvalue weighted by molar-refractivity contribution is -0.288. The number of hydrogen-bond donors (Lipinski definition) is 0. The number of benzene rings is 6. The molecule has 0 amide bonds. The van der Waals surface area contributed by atoms with Gasteiger partial charge in [0.25, 0.3) is 0 Å². The van der Waals surface area contributed by atoms with Crippen LogP contribution in [-0.4, -0.2) is 12.4 Å². The van der Waals surface area contributed by atoms with Gasteiger partial charge in [0.15, 0.2) is 0 Å². The van der Waals surface area contributed by atoms with Gasteiger partial charge in [0.05, 0.1) is 0 Å². The summed E-state index contributed by atoms with van der Waals surface area (Å²) in [7, 11) is 0. The third kappa shape index (κ3) is 6.45. The van der Waals surface area contributed by atoms with E-state index in [-0.39, 0.29) is 11.5 Å². The number of rotatable bonds is 8. The Balaban J connectivity index is 1.25. The first-order valence-corrected chi connectivity index (χ1v) is 14.6. The van der Waals surface area contributed by atoms with Crippen molar-refractivity contribution in [1.82, 2.24) is 0 Å². The van der Waals surface area contributed by atoms with E-state index < -0.39 is 28.9 Å². The van der Waals surface area contributed by atoms with Crippen molar-refractivity contribution in [3.8, 4) is 45.3 Å². The zero-order valence-electron chi connectivity index (χ0n) is 24.6. The Morgan fingerprint density at radius 1 is 0.298 bits per heavy atom. The van der Waals surface area contributed by atoms with E-state index in [1.807, 2.05) is 84.9 Å².